The van der Waals surface area contributed by atoms with Crippen LogP contribution in [-0.4, -0.2) is 43.8 Å². The minimum atomic E-state index is -0.637. The normalized spacial score (nSPS) is 11.5. The Hall–Kier alpha value is -2.44. The van der Waals surface area contributed by atoms with E-state index >= 15 is 0 Å². The van der Waals surface area contributed by atoms with Gasteiger partial charge < -0.3 is 25.2 Å². The molecule has 2 aromatic carbocycles. The van der Waals surface area contributed by atoms with Gasteiger partial charge in [-0.15, -0.1) is 11.6 Å². The fraction of sp³-hybridized carbons (Fsp3) is 0.278. The molecule has 134 valence electrons. The molecule has 7 heteroatoms. The van der Waals surface area contributed by atoms with Crippen molar-refractivity contribution < 1.29 is 19.4 Å². The van der Waals surface area contributed by atoms with Crippen molar-refractivity contribution in [2.24, 2.45) is 0 Å². The second-order valence-electron chi connectivity index (χ2n) is 5.29. The van der Waals surface area contributed by atoms with Gasteiger partial charge in [0, 0.05) is 23.9 Å². The topological polar surface area (TPSA) is 79.8 Å². The van der Waals surface area contributed by atoms with Crippen molar-refractivity contribution in [1.29, 1.82) is 0 Å². The zero-order valence-corrected chi connectivity index (χ0v) is 14.8. The number of anilines is 2. The molecule has 1 amide bonds. The molecule has 3 N–H and O–H groups in total. The van der Waals surface area contributed by atoms with Crippen molar-refractivity contribution in [1.82, 2.24) is 0 Å². The van der Waals surface area contributed by atoms with Gasteiger partial charge in [0.1, 0.15) is 11.5 Å². The summed E-state index contributed by atoms with van der Waals surface area (Å²) in [5.74, 6) is 1.09. The van der Waals surface area contributed by atoms with Crippen LogP contribution in [0.25, 0.3) is 0 Å². The number of rotatable bonds is 8. The fourth-order valence-electron chi connectivity index (χ4n) is 2.13. The Balaban J connectivity index is 2.08. The van der Waals surface area contributed by atoms with E-state index in [9.17, 15) is 9.90 Å². The van der Waals surface area contributed by atoms with Crippen molar-refractivity contribution >= 4 is 28.9 Å². The number of alkyl halides is 1. The van der Waals surface area contributed by atoms with Crippen LogP contribution in [0.1, 0.15) is 10.4 Å². The van der Waals surface area contributed by atoms with Crippen molar-refractivity contribution in [3.05, 3.63) is 48.0 Å². The van der Waals surface area contributed by atoms with Gasteiger partial charge in [-0.1, -0.05) is 0 Å². The van der Waals surface area contributed by atoms with Gasteiger partial charge in [0.2, 0.25) is 0 Å². The molecule has 0 saturated heterocycles. The molecule has 0 aliphatic carbocycles. The molecule has 0 spiro atoms. The predicted octanol–water partition coefficient (Wildman–Crippen LogP) is 2.97. The monoisotopic (exact) mass is 364 g/mol. The molecule has 1 unspecified atom stereocenters. The number of carbonyl (C=O) groups excluding carboxylic acids is 1. The second kappa shape index (κ2) is 9.15. The van der Waals surface area contributed by atoms with Crippen molar-refractivity contribution in [2.45, 2.75) is 6.10 Å². The summed E-state index contributed by atoms with van der Waals surface area (Å²) in [7, 11) is 3.09. The minimum absolute atomic E-state index is 0.153. The van der Waals surface area contributed by atoms with E-state index < -0.39 is 6.10 Å². The molecule has 2 rings (SSSR count). The van der Waals surface area contributed by atoms with E-state index in [0.29, 0.717) is 29.3 Å². The number of hydrogen-bond acceptors (Lipinski definition) is 5. The number of hydrogen-bond donors (Lipinski definition) is 3. The quantitative estimate of drug-likeness (QED) is 0.627. The number of amides is 1. The number of benzene rings is 2. The lowest BCUT2D eigenvalue weighted by Gasteiger charge is -2.14. The highest BCUT2D eigenvalue weighted by atomic mass is 35.5. The number of aliphatic hydroxyl groups is 1. The Morgan fingerprint density at radius 3 is 2.48 bits per heavy atom. The number of halogens is 1. The number of aliphatic hydroxyl groups excluding tert-OH is 1. The number of ether oxygens (including phenoxy) is 2. The molecule has 2 aromatic rings. The minimum Gasteiger partial charge on any atom is -0.497 e. The lowest BCUT2D eigenvalue weighted by molar-refractivity contribution is 0.102. The number of nitrogens with one attached hydrogen (secondary N) is 2. The Labute approximate surface area is 151 Å². The molecular weight excluding hydrogens is 344 g/mol. The molecule has 0 aliphatic rings. The molecule has 1 atom stereocenters. The molecular formula is C18H21ClN2O4. The maximum absolute atomic E-state index is 12.3. The SMILES string of the molecule is COc1ccc(C(=O)Nc2ccc(NCC(O)CCl)cc2OC)cc1. The summed E-state index contributed by atoms with van der Waals surface area (Å²) in [5.41, 5.74) is 1.81. The Morgan fingerprint density at radius 1 is 1.16 bits per heavy atom. The molecule has 0 aromatic heterocycles. The van der Waals surface area contributed by atoms with Crippen LogP contribution < -0.4 is 20.1 Å². The Bertz CT molecular complexity index is 707. The van der Waals surface area contributed by atoms with Crippen LogP contribution in [0.5, 0.6) is 11.5 Å². The summed E-state index contributed by atoms with van der Waals surface area (Å²) in [5, 5.41) is 15.4. The smallest absolute Gasteiger partial charge is 0.255 e. The molecule has 0 bridgehead atoms. The van der Waals surface area contributed by atoms with E-state index in [0.717, 1.165) is 5.69 Å². The van der Waals surface area contributed by atoms with Gasteiger partial charge in [-0.25, -0.2) is 0 Å². The number of carbonyl (C=O) groups is 1. The van der Waals surface area contributed by atoms with Crippen LogP contribution in [-0.2, 0) is 0 Å². The maximum Gasteiger partial charge on any atom is 0.255 e. The third kappa shape index (κ3) is 5.27. The zero-order valence-electron chi connectivity index (χ0n) is 14.1. The first-order valence-electron chi connectivity index (χ1n) is 7.68. The highest BCUT2D eigenvalue weighted by Gasteiger charge is 2.11. The zero-order chi connectivity index (χ0) is 18.2. The first kappa shape index (κ1) is 18.9. The summed E-state index contributed by atoms with van der Waals surface area (Å²) in [6, 6.07) is 12.1. The summed E-state index contributed by atoms with van der Waals surface area (Å²) in [6.45, 7) is 0.324. The van der Waals surface area contributed by atoms with E-state index in [4.69, 9.17) is 21.1 Å². The average molecular weight is 365 g/mol. The van der Waals surface area contributed by atoms with Crippen LogP contribution in [0.15, 0.2) is 42.5 Å². The van der Waals surface area contributed by atoms with E-state index in [-0.39, 0.29) is 11.8 Å². The standard InChI is InChI=1S/C18H21ClN2O4/c1-24-15-6-3-12(4-7-15)18(23)21-16-8-5-13(9-17(16)25-2)20-11-14(22)10-19/h3-9,14,20,22H,10-11H2,1-2H3,(H,21,23). The first-order chi connectivity index (χ1) is 12.1. The molecule has 0 radical (unpaired) electrons. The third-order valence-corrected chi connectivity index (χ3v) is 3.88. The number of methoxy groups -OCH3 is 2. The molecule has 0 aliphatic heterocycles. The van der Waals surface area contributed by atoms with Gasteiger partial charge in [-0.05, 0) is 36.4 Å². The van der Waals surface area contributed by atoms with Gasteiger partial charge in [-0.3, -0.25) is 4.79 Å². The van der Waals surface area contributed by atoms with Crippen LogP contribution >= 0.6 is 11.6 Å². The molecule has 0 saturated carbocycles. The van der Waals surface area contributed by atoms with Crippen molar-refractivity contribution in [3.63, 3.8) is 0 Å². The summed E-state index contributed by atoms with van der Waals surface area (Å²) in [6.07, 6.45) is -0.637. The highest BCUT2D eigenvalue weighted by molar-refractivity contribution is 6.18. The Morgan fingerprint density at radius 2 is 1.88 bits per heavy atom. The van der Waals surface area contributed by atoms with Crippen LogP contribution in [0.4, 0.5) is 11.4 Å². The largest absolute Gasteiger partial charge is 0.497 e. The van der Waals surface area contributed by atoms with E-state index in [1.54, 1.807) is 49.6 Å². The van der Waals surface area contributed by atoms with Gasteiger partial charge in [0.15, 0.2) is 0 Å². The fourth-order valence-corrected chi connectivity index (χ4v) is 2.24. The molecule has 25 heavy (non-hydrogen) atoms. The lowest BCUT2D eigenvalue weighted by atomic mass is 10.2. The van der Waals surface area contributed by atoms with E-state index in [2.05, 4.69) is 10.6 Å². The van der Waals surface area contributed by atoms with Crippen LogP contribution in [0.3, 0.4) is 0 Å². The highest BCUT2D eigenvalue weighted by Crippen LogP contribution is 2.28. The van der Waals surface area contributed by atoms with E-state index in [1.165, 1.54) is 7.11 Å². The maximum atomic E-state index is 12.3. The van der Waals surface area contributed by atoms with Gasteiger partial charge in [0.05, 0.1) is 31.9 Å². The third-order valence-electron chi connectivity index (χ3n) is 3.52. The summed E-state index contributed by atoms with van der Waals surface area (Å²) < 4.78 is 10.4. The second-order valence-corrected chi connectivity index (χ2v) is 5.60. The molecule has 0 heterocycles. The van der Waals surface area contributed by atoms with Crippen molar-refractivity contribution in [3.8, 4) is 11.5 Å². The van der Waals surface area contributed by atoms with Gasteiger partial charge >= 0.3 is 0 Å². The van der Waals surface area contributed by atoms with Crippen LogP contribution in [0.2, 0.25) is 0 Å². The van der Waals surface area contributed by atoms with E-state index in [1.807, 2.05) is 0 Å². The van der Waals surface area contributed by atoms with Gasteiger partial charge in [0.25, 0.3) is 5.91 Å². The Kier molecular flexibility index (Phi) is 6.91. The van der Waals surface area contributed by atoms with Gasteiger partial charge in [-0.2, -0.15) is 0 Å². The molecule has 6 nitrogen and oxygen atoms in total. The summed E-state index contributed by atoms with van der Waals surface area (Å²) in [4.78, 5) is 12.3. The lowest BCUT2D eigenvalue weighted by Crippen LogP contribution is -2.20. The summed E-state index contributed by atoms with van der Waals surface area (Å²) >= 11 is 5.57. The van der Waals surface area contributed by atoms with Crippen LogP contribution in [0, 0.1) is 0 Å². The predicted molar refractivity (Wildman–Crippen MR) is 99.2 cm³/mol. The molecule has 0 fully saturated rings. The first-order valence-corrected chi connectivity index (χ1v) is 8.22. The average Bonchev–Trinajstić information content (AvgIpc) is 2.66. The van der Waals surface area contributed by atoms with Crippen molar-refractivity contribution in [2.75, 3.05) is 37.3 Å².